The molecule has 0 atom stereocenters. The molecule has 0 saturated heterocycles. The Morgan fingerprint density at radius 3 is 2.36 bits per heavy atom. The van der Waals surface area contributed by atoms with Gasteiger partial charge in [0.15, 0.2) is 11.5 Å². The van der Waals surface area contributed by atoms with Gasteiger partial charge in [0, 0.05) is 6.08 Å². The molecule has 25 heavy (non-hydrogen) atoms. The van der Waals surface area contributed by atoms with Crippen molar-refractivity contribution in [3.8, 4) is 11.5 Å². The summed E-state index contributed by atoms with van der Waals surface area (Å²) in [6.07, 6.45) is 2.73. The first-order valence-electron chi connectivity index (χ1n) is 8.11. The van der Waals surface area contributed by atoms with Gasteiger partial charge in [0.05, 0.1) is 7.11 Å². The maximum atomic E-state index is 10.9. The number of benzene rings is 2. The lowest BCUT2D eigenvalue weighted by molar-refractivity contribution is -0.131. The number of methoxy groups -OCH3 is 1. The number of hydrogen-bond acceptors (Lipinski definition) is 3. The quantitative estimate of drug-likeness (QED) is 0.777. The molecule has 0 amide bonds. The Labute approximate surface area is 148 Å². The Hall–Kier alpha value is -2.75. The molecule has 4 nitrogen and oxygen atoms in total. The summed E-state index contributed by atoms with van der Waals surface area (Å²) >= 11 is 0. The van der Waals surface area contributed by atoms with Crippen LogP contribution in [0.1, 0.15) is 37.5 Å². The van der Waals surface area contributed by atoms with Crippen LogP contribution in [0.5, 0.6) is 11.5 Å². The standard InChI is InChI=1S/C21H24O4/c1-21(2,3)17-13-18(24-4)19(12-16(17)10-11-20(22)23)25-14-15-8-6-5-7-9-15/h5-13H,14H2,1-4H3,(H,22,23). The first kappa shape index (κ1) is 18.6. The lowest BCUT2D eigenvalue weighted by atomic mass is 9.83. The molecule has 0 spiro atoms. The molecule has 2 aromatic rings. The highest BCUT2D eigenvalue weighted by Gasteiger charge is 2.20. The van der Waals surface area contributed by atoms with E-state index in [1.165, 1.54) is 0 Å². The molecular weight excluding hydrogens is 316 g/mol. The summed E-state index contributed by atoms with van der Waals surface area (Å²) in [7, 11) is 1.60. The largest absolute Gasteiger partial charge is 0.493 e. The second-order valence-corrected chi connectivity index (χ2v) is 6.79. The highest BCUT2D eigenvalue weighted by Crippen LogP contribution is 2.37. The first-order chi connectivity index (χ1) is 11.8. The minimum absolute atomic E-state index is 0.163. The Kier molecular flexibility index (Phi) is 5.86. The Morgan fingerprint density at radius 2 is 1.80 bits per heavy atom. The zero-order valence-electron chi connectivity index (χ0n) is 15.1. The number of ether oxygens (including phenoxy) is 2. The lowest BCUT2D eigenvalue weighted by Crippen LogP contribution is -2.14. The van der Waals surface area contributed by atoms with Crippen molar-refractivity contribution in [2.45, 2.75) is 32.8 Å². The molecule has 0 bridgehead atoms. The van der Waals surface area contributed by atoms with Crippen molar-refractivity contribution >= 4 is 12.0 Å². The molecule has 0 radical (unpaired) electrons. The van der Waals surface area contributed by atoms with Crippen molar-refractivity contribution in [2.24, 2.45) is 0 Å². The van der Waals surface area contributed by atoms with Gasteiger partial charge in [-0.15, -0.1) is 0 Å². The number of hydrogen-bond donors (Lipinski definition) is 1. The molecule has 0 aromatic heterocycles. The van der Waals surface area contributed by atoms with Crippen LogP contribution in [-0.4, -0.2) is 18.2 Å². The van der Waals surface area contributed by atoms with Gasteiger partial charge in [0.25, 0.3) is 0 Å². The van der Waals surface area contributed by atoms with Gasteiger partial charge < -0.3 is 14.6 Å². The molecule has 0 aliphatic heterocycles. The van der Waals surface area contributed by atoms with E-state index < -0.39 is 5.97 Å². The van der Waals surface area contributed by atoms with Crippen LogP contribution in [0.3, 0.4) is 0 Å². The SMILES string of the molecule is COc1cc(C(C)(C)C)c(C=CC(=O)O)cc1OCc1ccccc1. The molecule has 0 unspecified atom stereocenters. The number of carboxylic acids is 1. The van der Waals surface area contributed by atoms with Crippen LogP contribution < -0.4 is 9.47 Å². The average Bonchev–Trinajstić information content (AvgIpc) is 2.57. The van der Waals surface area contributed by atoms with Crippen LogP contribution >= 0.6 is 0 Å². The summed E-state index contributed by atoms with van der Waals surface area (Å²) in [4.78, 5) is 10.9. The van der Waals surface area contributed by atoms with Gasteiger partial charge in [-0.05, 0) is 40.3 Å². The Balaban J connectivity index is 2.41. The van der Waals surface area contributed by atoms with E-state index in [9.17, 15) is 4.79 Å². The van der Waals surface area contributed by atoms with Crippen molar-refractivity contribution in [3.05, 3.63) is 65.2 Å². The van der Waals surface area contributed by atoms with Crippen molar-refractivity contribution in [1.29, 1.82) is 0 Å². The van der Waals surface area contributed by atoms with Gasteiger partial charge in [-0.3, -0.25) is 0 Å². The second kappa shape index (κ2) is 7.88. The highest BCUT2D eigenvalue weighted by molar-refractivity contribution is 5.86. The molecule has 2 aromatic carbocycles. The van der Waals surface area contributed by atoms with Crippen molar-refractivity contribution in [2.75, 3.05) is 7.11 Å². The van der Waals surface area contributed by atoms with E-state index in [4.69, 9.17) is 14.6 Å². The Morgan fingerprint density at radius 1 is 1.12 bits per heavy atom. The van der Waals surface area contributed by atoms with Crippen LogP contribution in [0.4, 0.5) is 0 Å². The van der Waals surface area contributed by atoms with Gasteiger partial charge in [0.1, 0.15) is 6.61 Å². The van der Waals surface area contributed by atoms with E-state index in [0.29, 0.717) is 18.1 Å². The summed E-state index contributed by atoms with van der Waals surface area (Å²) in [5.74, 6) is 0.236. The number of rotatable bonds is 6. The molecular formula is C21H24O4. The summed E-state index contributed by atoms with van der Waals surface area (Å²) < 4.78 is 11.4. The molecule has 0 aliphatic carbocycles. The third-order valence-corrected chi connectivity index (χ3v) is 3.79. The monoisotopic (exact) mass is 340 g/mol. The van der Waals surface area contributed by atoms with Gasteiger partial charge >= 0.3 is 5.97 Å². The molecule has 0 heterocycles. The molecule has 1 N–H and O–H groups in total. The van der Waals surface area contributed by atoms with Gasteiger partial charge in [-0.25, -0.2) is 4.79 Å². The number of aliphatic carboxylic acids is 1. The van der Waals surface area contributed by atoms with Crippen LogP contribution in [0, 0.1) is 0 Å². The Bertz CT molecular complexity index is 755. The third kappa shape index (κ3) is 5.11. The van der Waals surface area contributed by atoms with E-state index in [0.717, 1.165) is 22.8 Å². The minimum atomic E-state index is -0.984. The zero-order valence-corrected chi connectivity index (χ0v) is 15.1. The maximum absolute atomic E-state index is 10.9. The van der Waals surface area contributed by atoms with Crippen LogP contribution in [0.2, 0.25) is 0 Å². The fraction of sp³-hybridized carbons (Fsp3) is 0.286. The smallest absolute Gasteiger partial charge is 0.328 e. The average molecular weight is 340 g/mol. The predicted octanol–water partition coefficient (Wildman–Crippen LogP) is 4.67. The molecule has 4 heteroatoms. The van der Waals surface area contributed by atoms with E-state index in [1.54, 1.807) is 13.2 Å². The van der Waals surface area contributed by atoms with Crippen molar-refractivity contribution < 1.29 is 19.4 Å². The van der Waals surface area contributed by atoms with E-state index >= 15 is 0 Å². The van der Waals surface area contributed by atoms with Crippen molar-refractivity contribution in [3.63, 3.8) is 0 Å². The fourth-order valence-corrected chi connectivity index (χ4v) is 2.53. The molecule has 0 fully saturated rings. The van der Waals surface area contributed by atoms with Gasteiger partial charge in [-0.2, -0.15) is 0 Å². The summed E-state index contributed by atoms with van der Waals surface area (Å²) in [6.45, 7) is 6.63. The predicted molar refractivity (Wildman–Crippen MR) is 99.1 cm³/mol. The topological polar surface area (TPSA) is 55.8 Å². The molecule has 2 rings (SSSR count). The number of carbonyl (C=O) groups is 1. The third-order valence-electron chi connectivity index (χ3n) is 3.79. The highest BCUT2D eigenvalue weighted by atomic mass is 16.5. The first-order valence-corrected chi connectivity index (χ1v) is 8.11. The zero-order chi connectivity index (χ0) is 18.4. The number of carboxylic acid groups (broad SMARTS) is 1. The summed E-state index contributed by atoms with van der Waals surface area (Å²) in [6, 6.07) is 13.6. The van der Waals surface area contributed by atoms with Crippen molar-refractivity contribution in [1.82, 2.24) is 0 Å². The molecule has 0 aliphatic rings. The lowest BCUT2D eigenvalue weighted by Gasteiger charge is -2.24. The van der Waals surface area contributed by atoms with Gasteiger partial charge in [-0.1, -0.05) is 51.1 Å². The van der Waals surface area contributed by atoms with Crippen LogP contribution in [0.25, 0.3) is 6.08 Å². The fourth-order valence-electron chi connectivity index (χ4n) is 2.53. The normalized spacial score (nSPS) is 11.5. The van der Waals surface area contributed by atoms with E-state index in [-0.39, 0.29) is 5.41 Å². The van der Waals surface area contributed by atoms with Gasteiger partial charge in [0.2, 0.25) is 0 Å². The van der Waals surface area contributed by atoms with Crippen LogP contribution in [0.15, 0.2) is 48.5 Å². The van der Waals surface area contributed by atoms with Crippen LogP contribution in [-0.2, 0) is 16.8 Å². The minimum Gasteiger partial charge on any atom is -0.493 e. The summed E-state index contributed by atoms with van der Waals surface area (Å²) in [5, 5.41) is 8.95. The van der Waals surface area contributed by atoms with E-state index in [1.807, 2.05) is 42.5 Å². The van der Waals surface area contributed by atoms with E-state index in [2.05, 4.69) is 20.8 Å². The molecule has 132 valence electrons. The molecule has 0 saturated carbocycles. The summed E-state index contributed by atoms with van der Waals surface area (Å²) in [5.41, 5.74) is 2.68. The maximum Gasteiger partial charge on any atom is 0.328 e. The second-order valence-electron chi connectivity index (χ2n) is 6.79.